The van der Waals surface area contributed by atoms with E-state index in [-0.39, 0.29) is 5.91 Å². The maximum absolute atomic E-state index is 11.9. The summed E-state index contributed by atoms with van der Waals surface area (Å²) in [5.74, 6) is 1.08. The van der Waals surface area contributed by atoms with Crippen molar-refractivity contribution in [2.24, 2.45) is 5.10 Å². The average molecular weight is 396 g/mol. The third kappa shape index (κ3) is 4.45. The van der Waals surface area contributed by atoms with Crippen molar-refractivity contribution in [1.29, 1.82) is 0 Å². The largest absolute Gasteiger partial charge is 0.496 e. The zero-order valence-electron chi connectivity index (χ0n) is 11.2. The topological polar surface area (TPSA) is 63.8 Å². The maximum Gasteiger partial charge on any atom is 0.271 e. The molecule has 0 aliphatic rings. The molecular formula is C15H13IN2O3. The third-order valence-corrected chi connectivity index (χ3v) is 3.43. The van der Waals surface area contributed by atoms with Crippen LogP contribution in [0.4, 0.5) is 0 Å². The molecule has 108 valence electrons. The number of nitrogens with zero attached hydrogens (tertiary/aromatic N) is 1. The lowest BCUT2D eigenvalue weighted by atomic mass is 10.2. The Kier molecular flexibility index (Phi) is 5.56. The molecule has 1 aromatic carbocycles. The number of benzene rings is 1. The van der Waals surface area contributed by atoms with E-state index < -0.39 is 0 Å². The molecule has 0 aliphatic carbocycles. The van der Waals surface area contributed by atoms with Crippen molar-refractivity contribution in [2.75, 3.05) is 7.11 Å². The molecule has 0 unspecified atom stereocenters. The minimum absolute atomic E-state index is 0.299. The van der Waals surface area contributed by atoms with Crippen molar-refractivity contribution in [3.8, 4) is 5.75 Å². The lowest BCUT2D eigenvalue weighted by molar-refractivity contribution is 0.0955. The molecule has 5 nitrogen and oxygen atoms in total. The standard InChI is InChI=1S/C15H13IN2O3/c1-20-14-10-11(6-7-13(14)16)15(19)18-17-8-2-4-12-5-3-9-21-12/h2-10H,1H3,(H,18,19)/b4-2+,17-8-. The molecule has 0 aliphatic heterocycles. The fourth-order valence-corrected chi connectivity index (χ4v) is 2.08. The Hall–Kier alpha value is -2.09. The number of allylic oxidation sites excluding steroid dienone is 1. The molecule has 0 saturated carbocycles. The minimum Gasteiger partial charge on any atom is -0.496 e. The molecule has 0 saturated heterocycles. The summed E-state index contributed by atoms with van der Waals surface area (Å²) in [6.07, 6.45) is 6.48. The summed E-state index contributed by atoms with van der Waals surface area (Å²) < 4.78 is 11.2. The van der Waals surface area contributed by atoms with Gasteiger partial charge < -0.3 is 9.15 Å². The monoisotopic (exact) mass is 396 g/mol. The molecule has 1 heterocycles. The first-order valence-corrected chi connectivity index (χ1v) is 7.15. The molecule has 0 atom stereocenters. The van der Waals surface area contributed by atoms with E-state index in [1.54, 1.807) is 43.7 Å². The Morgan fingerprint density at radius 2 is 2.29 bits per heavy atom. The number of carbonyl (C=O) groups is 1. The highest BCUT2D eigenvalue weighted by molar-refractivity contribution is 14.1. The van der Waals surface area contributed by atoms with E-state index in [0.717, 1.165) is 9.33 Å². The van der Waals surface area contributed by atoms with E-state index in [1.165, 1.54) is 6.21 Å². The van der Waals surface area contributed by atoms with Crippen LogP contribution in [0.15, 0.2) is 52.2 Å². The van der Waals surface area contributed by atoms with Gasteiger partial charge in [0.1, 0.15) is 11.5 Å². The van der Waals surface area contributed by atoms with E-state index in [1.807, 2.05) is 12.1 Å². The highest BCUT2D eigenvalue weighted by atomic mass is 127. The van der Waals surface area contributed by atoms with Crippen LogP contribution < -0.4 is 10.2 Å². The summed E-state index contributed by atoms with van der Waals surface area (Å²) in [5.41, 5.74) is 2.93. The van der Waals surface area contributed by atoms with Crippen LogP contribution in [-0.2, 0) is 0 Å². The number of halogens is 1. The van der Waals surface area contributed by atoms with Gasteiger partial charge in [0.2, 0.25) is 0 Å². The number of rotatable bonds is 5. The second kappa shape index (κ2) is 7.63. The van der Waals surface area contributed by atoms with Crippen LogP contribution >= 0.6 is 22.6 Å². The summed E-state index contributed by atoms with van der Waals surface area (Å²) in [4.78, 5) is 11.9. The van der Waals surface area contributed by atoms with Gasteiger partial charge in [0.25, 0.3) is 5.91 Å². The Labute approximate surface area is 135 Å². The van der Waals surface area contributed by atoms with Crippen LogP contribution in [0.1, 0.15) is 16.1 Å². The zero-order chi connectivity index (χ0) is 15.1. The Morgan fingerprint density at radius 3 is 3.00 bits per heavy atom. The third-order valence-electron chi connectivity index (χ3n) is 2.54. The number of furan rings is 1. The maximum atomic E-state index is 11.9. The molecule has 6 heteroatoms. The molecule has 0 bridgehead atoms. The van der Waals surface area contributed by atoms with Crippen LogP contribution in [0.5, 0.6) is 5.75 Å². The number of nitrogens with one attached hydrogen (secondary N) is 1. The number of ether oxygens (including phenoxy) is 1. The van der Waals surface area contributed by atoms with Crippen molar-refractivity contribution < 1.29 is 13.9 Å². The van der Waals surface area contributed by atoms with Gasteiger partial charge in [0.05, 0.1) is 16.9 Å². The van der Waals surface area contributed by atoms with Crippen LogP contribution in [0.2, 0.25) is 0 Å². The van der Waals surface area contributed by atoms with Gasteiger partial charge in [0, 0.05) is 11.8 Å². The fourth-order valence-electron chi connectivity index (χ4n) is 1.53. The lowest BCUT2D eigenvalue weighted by Crippen LogP contribution is -2.17. The zero-order valence-corrected chi connectivity index (χ0v) is 13.4. The van der Waals surface area contributed by atoms with Gasteiger partial charge in [-0.3, -0.25) is 4.79 Å². The Bertz CT molecular complexity index is 664. The van der Waals surface area contributed by atoms with Crippen LogP contribution in [0.25, 0.3) is 6.08 Å². The molecule has 0 fully saturated rings. The van der Waals surface area contributed by atoms with Crippen molar-refractivity contribution in [2.45, 2.75) is 0 Å². The number of hydrogen-bond donors (Lipinski definition) is 1. The van der Waals surface area contributed by atoms with Gasteiger partial charge in [-0.25, -0.2) is 5.43 Å². The SMILES string of the molecule is COc1cc(C(=O)N/N=C\C=C\c2ccco2)ccc1I. The van der Waals surface area contributed by atoms with Gasteiger partial charge >= 0.3 is 0 Å². The number of amides is 1. The summed E-state index contributed by atoms with van der Waals surface area (Å²) >= 11 is 2.14. The highest BCUT2D eigenvalue weighted by Crippen LogP contribution is 2.21. The van der Waals surface area contributed by atoms with Gasteiger partial charge in [-0.1, -0.05) is 0 Å². The molecule has 21 heavy (non-hydrogen) atoms. The summed E-state index contributed by atoms with van der Waals surface area (Å²) in [7, 11) is 1.57. The van der Waals surface area contributed by atoms with Gasteiger partial charge in [-0.05, 0) is 65.1 Å². The number of hydrogen-bond acceptors (Lipinski definition) is 4. The quantitative estimate of drug-likeness (QED) is 0.479. The van der Waals surface area contributed by atoms with Gasteiger partial charge in [0.15, 0.2) is 0 Å². The summed E-state index contributed by atoms with van der Waals surface area (Å²) in [5, 5.41) is 3.83. The molecule has 2 rings (SSSR count). The second-order valence-electron chi connectivity index (χ2n) is 3.94. The van der Waals surface area contributed by atoms with Gasteiger partial charge in [-0.15, -0.1) is 0 Å². The lowest BCUT2D eigenvalue weighted by Gasteiger charge is -2.05. The second-order valence-corrected chi connectivity index (χ2v) is 5.11. The van der Waals surface area contributed by atoms with Crippen molar-refractivity contribution >= 4 is 40.8 Å². The Balaban J connectivity index is 1.92. The fraction of sp³-hybridized carbons (Fsp3) is 0.0667. The minimum atomic E-state index is -0.299. The first-order valence-electron chi connectivity index (χ1n) is 6.08. The van der Waals surface area contributed by atoms with Crippen LogP contribution in [0.3, 0.4) is 0 Å². The highest BCUT2D eigenvalue weighted by Gasteiger charge is 2.07. The van der Waals surface area contributed by atoms with E-state index in [2.05, 4.69) is 33.1 Å². The number of methoxy groups -OCH3 is 1. The molecule has 0 radical (unpaired) electrons. The summed E-state index contributed by atoms with van der Waals surface area (Å²) in [6.45, 7) is 0. The number of hydrazone groups is 1. The first kappa shape index (κ1) is 15.3. The normalized spacial score (nSPS) is 11.1. The van der Waals surface area contributed by atoms with Crippen molar-refractivity contribution in [3.63, 3.8) is 0 Å². The predicted molar refractivity (Wildman–Crippen MR) is 89.4 cm³/mol. The molecule has 2 aromatic rings. The molecule has 1 aromatic heterocycles. The van der Waals surface area contributed by atoms with Crippen LogP contribution in [0, 0.1) is 3.57 Å². The molecule has 0 spiro atoms. The van der Waals surface area contributed by atoms with E-state index >= 15 is 0 Å². The summed E-state index contributed by atoms with van der Waals surface area (Å²) in [6, 6.07) is 8.82. The van der Waals surface area contributed by atoms with E-state index in [4.69, 9.17) is 9.15 Å². The Morgan fingerprint density at radius 1 is 1.43 bits per heavy atom. The van der Waals surface area contributed by atoms with E-state index in [9.17, 15) is 4.79 Å². The smallest absolute Gasteiger partial charge is 0.271 e. The van der Waals surface area contributed by atoms with Crippen LogP contribution in [-0.4, -0.2) is 19.2 Å². The molecule has 1 N–H and O–H groups in total. The van der Waals surface area contributed by atoms with E-state index in [0.29, 0.717) is 11.3 Å². The average Bonchev–Trinajstić information content (AvgIpc) is 3.00. The van der Waals surface area contributed by atoms with Crippen molar-refractivity contribution in [3.05, 3.63) is 57.6 Å². The predicted octanol–water partition coefficient (Wildman–Crippen LogP) is 3.32. The van der Waals surface area contributed by atoms with Gasteiger partial charge in [-0.2, -0.15) is 5.10 Å². The first-order chi connectivity index (χ1) is 10.2. The number of carbonyl (C=O) groups excluding carboxylic acids is 1. The molecular weight excluding hydrogens is 383 g/mol. The molecule has 1 amide bonds. The van der Waals surface area contributed by atoms with Crippen molar-refractivity contribution in [1.82, 2.24) is 5.43 Å².